The Morgan fingerprint density at radius 3 is 1.93 bits per heavy atom. The van der Waals surface area contributed by atoms with Gasteiger partial charge in [-0.2, -0.15) is 0 Å². The molecule has 0 amide bonds. The monoisotopic (exact) mass is 632 g/mol. The number of phenols is 1. The van der Waals surface area contributed by atoms with Crippen molar-refractivity contribution in [3.8, 4) is 11.5 Å². The second kappa shape index (κ2) is 21.9. The number of halogens is 2. The highest BCUT2D eigenvalue weighted by Gasteiger charge is 2.39. The maximum Gasteiger partial charge on any atom is 0.228 e. The number of aliphatic hydroxyl groups is 3. The minimum absolute atomic E-state index is 0.135. The molecular weight excluding hydrogens is 575 g/mol. The number of unbranched alkanes of at least 4 members (excludes halogenated alkanes) is 9. The molecular formula is C34H58Cl2O6. The van der Waals surface area contributed by atoms with E-state index >= 15 is 0 Å². The number of hydrogen-bond donors (Lipinski definition) is 4. The van der Waals surface area contributed by atoms with Gasteiger partial charge in [0.05, 0.1) is 6.61 Å². The zero-order valence-electron chi connectivity index (χ0n) is 26.1. The zero-order chi connectivity index (χ0) is 30.7. The molecule has 1 aliphatic heterocycles. The minimum atomic E-state index is -1.39. The van der Waals surface area contributed by atoms with E-state index in [-0.39, 0.29) is 23.1 Å². The number of ether oxygens (including phenoxy) is 2. The second-order valence-electron chi connectivity index (χ2n) is 12.2. The van der Waals surface area contributed by atoms with Crippen LogP contribution in [0.3, 0.4) is 0 Å². The lowest BCUT2D eigenvalue weighted by Crippen LogP contribution is -2.54. The van der Waals surface area contributed by atoms with Crippen molar-refractivity contribution in [1.29, 1.82) is 0 Å². The van der Waals surface area contributed by atoms with E-state index in [1.165, 1.54) is 38.5 Å². The van der Waals surface area contributed by atoms with Crippen LogP contribution in [0.5, 0.6) is 11.5 Å². The Hall–Kier alpha value is -0.760. The molecule has 1 aromatic rings. The van der Waals surface area contributed by atoms with Crippen molar-refractivity contribution in [1.82, 2.24) is 0 Å². The van der Waals surface area contributed by atoms with Gasteiger partial charge in [-0.05, 0) is 69.1 Å². The van der Waals surface area contributed by atoms with E-state index in [9.17, 15) is 20.4 Å². The fraction of sp³-hybridized carbons (Fsp3) is 0.824. The van der Waals surface area contributed by atoms with Gasteiger partial charge < -0.3 is 29.9 Å². The third kappa shape index (κ3) is 14.3. The van der Waals surface area contributed by atoms with Gasteiger partial charge in [0, 0.05) is 16.3 Å². The summed E-state index contributed by atoms with van der Waals surface area (Å²) in [6.07, 6.45) is 15.1. The van der Waals surface area contributed by atoms with Crippen LogP contribution in [0.1, 0.15) is 134 Å². The first-order valence-corrected chi connectivity index (χ1v) is 17.6. The van der Waals surface area contributed by atoms with Gasteiger partial charge in [0.25, 0.3) is 0 Å². The van der Waals surface area contributed by atoms with Crippen LogP contribution in [0.4, 0.5) is 0 Å². The Morgan fingerprint density at radius 1 is 0.738 bits per heavy atom. The summed E-state index contributed by atoms with van der Waals surface area (Å²) >= 11 is 12.9. The molecule has 2 rings (SSSR count). The Morgan fingerprint density at radius 2 is 1.29 bits per heavy atom. The van der Waals surface area contributed by atoms with Crippen molar-refractivity contribution in [2.24, 2.45) is 0 Å². The first-order valence-electron chi connectivity index (χ1n) is 16.7. The van der Waals surface area contributed by atoms with Gasteiger partial charge in [-0.1, -0.05) is 84.5 Å². The summed E-state index contributed by atoms with van der Waals surface area (Å²) in [7, 11) is 0. The van der Waals surface area contributed by atoms with Crippen molar-refractivity contribution in [2.75, 3.05) is 6.61 Å². The molecule has 0 unspecified atom stereocenters. The number of aryl methyl sites for hydroxylation is 1. The van der Waals surface area contributed by atoms with Crippen molar-refractivity contribution in [3.05, 3.63) is 23.3 Å². The molecule has 0 spiro atoms. The van der Waals surface area contributed by atoms with Crippen LogP contribution in [0.2, 0.25) is 0 Å². The average Bonchev–Trinajstić information content (AvgIpc) is 2.97. The van der Waals surface area contributed by atoms with Crippen LogP contribution < -0.4 is 4.74 Å². The molecule has 244 valence electrons. The molecule has 1 aromatic carbocycles. The predicted octanol–water partition coefficient (Wildman–Crippen LogP) is 8.18. The summed E-state index contributed by atoms with van der Waals surface area (Å²) in [6, 6.07) is 3.75. The SMILES string of the molecule is CCCCCC[C@H](Cl)CCCCCc1c(O)cc(CCCCCC[C@@H](Cl)CCCC)cc1O[C@@H]1OC[C@@H](O)[C@H](O)[C@H]1O. The molecule has 1 saturated heterocycles. The van der Waals surface area contributed by atoms with Gasteiger partial charge in [-0.25, -0.2) is 0 Å². The lowest BCUT2D eigenvalue weighted by Gasteiger charge is -2.35. The molecule has 0 bridgehead atoms. The fourth-order valence-corrected chi connectivity index (χ4v) is 6.21. The van der Waals surface area contributed by atoms with Crippen molar-refractivity contribution < 1.29 is 29.9 Å². The molecule has 1 fully saturated rings. The largest absolute Gasteiger partial charge is 0.508 e. The smallest absolute Gasteiger partial charge is 0.228 e. The highest BCUT2D eigenvalue weighted by molar-refractivity contribution is 6.20. The van der Waals surface area contributed by atoms with E-state index in [4.69, 9.17) is 32.7 Å². The normalized spacial score (nSPS) is 22.3. The van der Waals surface area contributed by atoms with Gasteiger partial charge in [0.1, 0.15) is 29.8 Å². The Bertz CT molecular complexity index is 840. The predicted molar refractivity (Wildman–Crippen MR) is 173 cm³/mol. The fourth-order valence-electron chi connectivity index (χ4n) is 5.59. The summed E-state index contributed by atoms with van der Waals surface area (Å²) in [5.41, 5.74) is 1.64. The van der Waals surface area contributed by atoms with Crippen LogP contribution in [-0.2, 0) is 17.6 Å². The van der Waals surface area contributed by atoms with E-state index in [2.05, 4.69) is 13.8 Å². The Kier molecular flexibility index (Phi) is 19.5. The summed E-state index contributed by atoms with van der Waals surface area (Å²) < 4.78 is 11.6. The molecule has 4 N–H and O–H groups in total. The maximum atomic E-state index is 11.0. The molecule has 0 aliphatic carbocycles. The summed E-state index contributed by atoms with van der Waals surface area (Å²) in [4.78, 5) is 0. The molecule has 6 nitrogen and oxygen atoms in total. The third-order valence-corrected chi connectivity index (χ3v) is 9.23. The Balaban J connectivity index is 1.92. The average molecular weight is 634 g/mol. The molecule has 1 aliphatic rings. The molecule has 1 heterocycles. The Labute approximate surface area is 265 Å². The zero-order valence-corrected chi connectivity index (χ0v) is 27.6. The van der Waals surface area contributed by atoms with Crippen LogP contribution in [0.15, 0.2) is 12.1 Å². The number of aliphatic hydroxyl groups excluding tert-OH is 3. The van der Waals surface area contributed by atoms with E-state index in [0.29, 0.717) is 17.7 Å². The number of aromatic hydroxyl groups is 1. The van der Waals surface area contributed by atoms with Crippen molar-refractivity contribution in [2.45, 2.75) is 171 Å². The number of benzene rings is 1. The van der Waals surface area contributed by atoms with Crippen molar-refractivity contribution in [3.63, 3.8) is 0 Å². The molecule has 6 atom stereocenters. The highest BCUT2D eigenvalue weighted by atomic mass is 35.5. The van der Waals surface area contributed by atoms with Gasteiger partial charge in [-0.3, -0.25) is 0 Å². The first-order chi connectivity index (χ1) is 20.3. The number of hydrogen-bond acceptors (Lipinski definition) is 6. The van der Waals surface area contributed by atoms with Crippen LogP contribution in [-0.4, -0.2) is 62.4 Å². The molecule has 0 radical (unpaired) electrons. The van der Waals surface area contributed by atoms with E-state index < -0.39 is 24.6 Å². The van der Waals surface area contributed by atoms with Crippen LogP contribution in [0, 0.1) is 0 Å². The number of phenolic OH excluding ortho intramolecular Hbond substituents is 1. The van der Waals surface area contributed by atoms with Gasteiger partial charge in [-0.15, -0.1) is 23.2 Å². The lowest BCUT2D eigenvalue weighted by molar-refractivity contribution is -0.242. The van der Waals surface area contributed by atoms with E-state index in [0.717, 1.165) is 82.6 Å². The topological polar surface area (TPSA) is 99.4 Å². The van der Waals surface area contributed by atoms with E-state index in [1.54, 1.807) is 0 Å². The van der Waals surface area contributed by atoms with Gasteiger partial charge in [0.2, 0.25) is 6.29 Å². The highest BCUT2D eigenvalue weighted by Crippen LogP contribution is 2.34. The number of rotatable bonds is 23. The standard InChI is InChI=1S/C34H58Cl2O6/c1-3-5-7-12-18-27(36)20-14-10-15-21-28-29(37)22-25(16-11-8-9-13-19-26(35)17-6-4-2)23-31(28)42-34-33(40)32(39)30(38)24-41-34/h22-23,26-27,30,32-34,37-40H,3-21,24H2,1-2H3/t26-,27-,30+,32-,33+,34-/m0/s1. The second-order valence-corrected chi connectivity index (χ2v) is 13.4. The molecule has 8 heteroatoms. The van der Waals surface area contributed by atoms with Gasteiger partial charge in [0.15, 0.2) is 0 Å². The van der Waals surface area contributed by atoms with E-state index in [1.807, 2.05) is 12.1 Å². The first kappa shape index (κ1) is 37.4. The lowest BCUT2D eigenvalue weighted by atomic mass is 9.98. The summed E-state index contributed by atoms with van der Waals surface area (Å²) in [6.45, 7) is 4.27. The van der Waals surface area contributed by atoms with Crippen molar-refractivity contribution >= 4 is 23.2 Å². The third-order valence-electron chi connectivity index (χ3n) is 8.36. The van der Waals surface area contributed by atoms with Gasteiger partial charge >= 0.3 is 0 Å². The molecule has 0 saturated carbocycles. The quantitative estimate of drug-likeness (QED) is 0.0717. The summed E-state index contributed by atoms with van der Waals surface area (Å²) in [5, 5.41) is 41.9. The number of alkyl halides is 2. The molecule has 42 heavy (non-hydrogen) atoms. The van der Waals surface area contributed by atoms with Crippen LogP contribution in [0.25, 0.3) is 0 Å². The minimum Gasteiger partial charge on any atom is -0.508 e. The van der Waals surface area contributed by atoms with Crippen LogP contribution >= 0.6 is 23.2 Å². The maximum absolute atomic E-state index is 11.0. The molecule has 0 aromatic heterocycles. The summed E-state index contributed by atoms with van der Waals surface area (Å²) in [5.74, 6) is 0.644.